The van der Waals surface area contributed by atoms with Crippen LogP contribution in [-0.2, 0) is 7.05 Å². The standard InChI is InChI=1S/C19H24N4O2/c1-13-5-3-4-6-16(13)18(24)22-11-9-14(10-12-22)17-20-21(2)19(25)23(17)15-7-8-15/h3-6,14-15H,7-12H2,1-2H3. The summed E-state index contributed by atoms with van der Waals surface area (Å²) in [7, 11) is 1.72. The highest BCUT2D eigenvalue weighted by Gasteiger charge is 2.34. The Balaban J connectivity index is 1.49. The van der Waals surface area contributed by atoms with Gasteiger partial charge in [-0.2, -0.15) is 5.10 Å². The summed E-state index contributed by atoms with van der Waals surface area (Å²) in [4.78, 5) is 27.0. The lowest BCUT2D eigenvalue weighted by Gasteiger charge is -2.32. The Morgan fingerprint density at radius 1 is 1.12 bits per heavy atom. The van der Waals surface area contributed by atoms with E-state index in [1.165, 1.54) is 4.68 Å². The Morgan fingerprint density at radius 2 is 1.80 bits per heavy atom. The van der Waals surface area contributed by atoms with Crippen LogP contribution < -0.4 is 5.69 Å². The Morgan fingerprint density at radius 3 is 2.44 bits per heavy atom. The fourth-order valence-corrected chi connectivity index (χ4v) is 3.78. The quantitative estimate of drug-likeness (QED) is 0.861. The van der Waals surface area contributed by atoms with E-state index in [0.29, 0.717) is 19.1 Å². The van der Waals surface area contributed by atoms with Gasteiger partial charge in [-0.05, 0) is 44.2 Å². The van der Waals surface area contributed by atoms with Gasteiger partial charge in [0, 0.05) is 37.7 Å². The van der Waals surface area contributed by atoms with Crippen LogP contribution in [0.1, 0.15) is 59.4 Å². The van der Waals surface area contributed by atoms with Crippen LogP contribution in [0.15, 0.2) is 29.1 Å². The van der Waals surface area contributed by atoms with Crippen LogP contribution in [0.25, 0.3) is 0 Å². The molecular formula is C19H24N4O2. The smallest absolute Gasteiger partial charge is 0.339 e. The van der Waals surface area contributed by atoms with E-state index in [9.17, 15) is 9.59 Å². The van der Waals surface area contributed by atoms with Crippen LogP contribution in [0.3, 0.4) is 0 Å². The number of nitrogens with zero attached hydrogens (tertiary/aromatic N) is 4. The zero-order valence-electron chi connectivity index (χ0n) is 14.8. The first-order valence-electron chi connectivity index (χ1n) is 9.06. The van der Waals surface area contributed by atoms with Gasteiger partial charge in [0.1, 0.15) is 5.82 Å². The van der Waals surface area contributed by atoms with Crippen LogP contribution in [-0.4, -0.2) is 38.2 Å². The highest BCUT2D eigenvalue weighted by Crippen LogP contribution is 2.37. The van der Waals surface area contributed by atoms with Crippen molar-refractivity contribution in [2.75, 3.05) is 13.1 Å². The molecule has 1 aliphatic heterocycles. The molecule has 2 fully saturated rings. The number of hydrogen-bond donors (Lipinski definition) is 0. The number of aryl methyl sites for hydroxylation is 2. The van der Waals surface area contributed by atoms with E-state index in [4.69, 9.17) is 0 Å². The number of benzene rings is 1. The first kappa shape index (κ1) is 16.1. The SMILES string of the molecule is Cc1ccccc1C(=O)N1CCC(c2nn(C)c(=O)n2C2CC2)CC1. The molecule has 0 atom stereocenters. The number of rotatable bonds is 3. The van der Waals surface area contributed by atoms with Gasteiger partial charge >= 0.3 is 5.69 Å². The molecule has 2 aliphatic rings. The van der Waals surface area contributed by atoms with Gasteiger partial charge in [-0.15, -0.1) is 0 Å². The molecule has 1 saturated carbocycles. The highest BCUT2D eigenvalue weighted by molar-refractivity contribution is 5.95. The summed E-state index contributed by atoms with van der Waals surface area (Å²) in [6.45, 7) is 3.41. The molecule has 0 bridgehead atoms. The number of carbonyl (C=O) groups excluding carboxylic acids is 1. The van der Waals surface area contributed by atoms with Crippen LogP contribution in [0, 0.1) is 6.92 Å². The van der Waals surface area contributed by atoms with Crippen molar-refractivity contribution in [3.05, 3.63) is 51.7 Å². The molecule has 6 nitrogen and oxygen atoms in total. The maximum Gasteiger partial charge on any atom is 0.345 e. The molecule has 1 aromatic carbocycles. The molecule has 1 amide bonds. The van der Waals surface area contributed by atoms with Gasteiger partial charge in [0.15, 0.2) is 0 Å². The van der Waals surface area contributed by atoms with Gasteiger partial charge in [0.25, 0.3) is 5.91 Å². The van der Waals surface area contributed by atoms with E-state index in [1.54, 1.807) is 7.05 Å². The van der Waals surface area contributed by atoms with Gasteiger partial charge in [0.05, 0.1) is 0 Å². The lowest BCUT2D eigenvalue weighted by molar-refractivity contribution is 0.0709. The van der Waals surface area contributed by atoms with Crippen molar-refractivity contribution in [2.24, 2.45) is 7.05 Å². The molecule has 2 heterocycles. The van der Waals surface area contributed by atoms with Gasteiger partial charge in [-0.25, -0.2) is 9.48 Å². The van der Waals surface area contributed by atoms with E-state index < -0.39 is 0 Å². The predicted octanol–water partition coefficient (Wildman–Crippen LogP) is 2.24. The third-order valence-corrected chi connectivity index (χ3v) is 5.42. The van der Waals surface area contributed by atoms with Crippen molar-refractivity contribution in [3.8, 4) is 0 Å². The maximum absolute atomic E-state index is 12.8. The third-order valence-electron chi connectivity index (χ3n) is 5.42. The summed E-state index contributed by atoms with van der Waals surface area (Å²) < 4.78 is 3.35. The second-order valence-corrected chi connectivity index (χ2v) is 7.25. The Hall–Kier alpha value is -2.37. The fraction of sp³-hybridized carbons (Fsp3) is 0.526. The largest absolute Gasteiger partial charge is 0.345 e. The lowest BCUT2D eigenvalue weighted by atomic mass is 9.95. The van der Waals surface area contributed by atoms with Crippen LogP contribution in [0.5, 0.6) is 0 Å². The molecule has 1 saturated heterocycles. The summed E-state index contributed by atoms with van der Waals surface area (Å²) >= 11 is 0. The molecule has 0 N–H and O–H groups in total. The molecule has 6 heteroatoms. The molecule has 1 aliphatic carbocycles. The summed E-state index contributed by atoms with van der Waals surface area (Å²) in [5.41, 5.74) is 1.80. The minimum absolute atomic E-state index is 0.00378. The van der Waals surface area contributed by atoms with E-state index in [0.717, 1.165) is 42.6 Å². The first-order valence-corrected chi connectivity index (χ1v) is 9.06. The average molecular weight is 340 g/mol. The minimum Gasteiger partial charge on any atom is -0.339 e. The topological polar surface area (TPSA) is 60.1 Å². The first-order chi connectivity index (χ1) is 12.1. The molecule has 4 rings (SSSR count). The number of aromatic nitrogens is 3. The Kier molecular flexibility index (Phi) is 3.98. The minimum atomic E-state index is -0.00378. The van der Waals surface area contributed by atoms with Crippen molar-refractivity contribution >= 4 is 5.91 Å². The van der Waals surface area contributed by atoms with Crippen LogP contribution in [0.2, 0.25) is 0 Å². The molecule has 0 unspecified atom stereocenters. The number of piperidine rings is 1. The number of amides is 1. The summed E-state index contributed by atoms with van der Waals surface area (Å²) in [6, 6.07) is 8.07. The van der Waals surface area contributed by atoms with Crippen molar-refractivity contribution in [2.45, 2.75) is 44.6 Å². The Labute approximate surface area is 147 Å². The number of carbonyl (C=O) groups is 1. The van der Waals surface area contributed by atoms with E-state index in [2.05, 4.69) is 5.10 Å². The van der Waals surface area contributed by atoms with Crippen LogP contribution >= 0.6 is 0 Å². The third kappa shape index (κ3) is 2.90. The normalized spacial score (nSPS) is 18.6. The Bertz CT molecular complexity index is 855. The zero-order chi connectivity index (χ0) is 17.6. The molecule has 1 aromatic heterocycles. The van der Waals surface area contributed by atoms with Crippen molar-refractivity contribution in [1.29, 1.82) is 0 Å². The fourth-order valence-electron chi connectivity index (χ4n) is 3.78. The molecule has 0 radical (unpaired) electrons. The molecule has 132 valence electrons. The van der Waals surface area contributed by atoms with Gasteiger partial charge in [-0.3, -0.25) is 9.36 Å². The van der Waals surface area contributed by atoms with Crippen molar-refractivity contribution in [3.63, 3.8) is 0 Å². The van der Waals surface area contributed by atoms with Gasteiger partial charge in [-0.1, -0.05) is 18.2 Å². The summed E-state index contributed by atoms with van der Waals surface area (Å²) in [6.07, 6.45) is 3.87. The van der Waals surface area contributed by atoms with Crippen molar-refractivity contribution < 1.29 is 4.79 Å². The molecule has 25 heavy (non-hydrogen) atoms. The molecule has 0 spiro atoms. The number of hydrogen-bond acceptors (Lipinski definition) is 3. The van der Waals surface area contributed by atoms with E-state index >= 15 is 0 Å². The monoisotopic (exact) mass is 340 g/mol. The predicted molar refractivity (Wildman–Crippen MR) is 94.8 cm³/mol. The van der Waals surface area contributed by atoms with Gasteiger partial charge in [0.2, 0.25) is 0 Å². The molecule has 2 aromatic rings. The maximum atomic E-state index is 12.8. The summed E-state index contributed by atoms with van der Waals surface area (Å²) in [5.74, 6) is 1.28. The van der Waals surface area contributed by atoms with Crippen molar-refractivity contribution in [1.82, 2.24) is 19.2 Å². The zero-order valence-corrected chi connectivity index (χ0v) is 14.8. The van der Waals surface area contributed by atoms with E-state index in [-0.39, 0.29) is 17.5 Å². The lowest BCUT2D eigenvalue weighted by Crippen LogP contribution is -2.38. The average Bonchev–Trinajstić information content (AvgIpc) is 3.41. The number of likely N-dealkylation sites (tertiary alicyclic amines) is 1. The second kappa shape index (κ2) is 6.17. The second-order valence-electron chi connectivity index (χ2n) is 7.25. The summed E-state index contributed by atoms with van der Waals surface area (Å²) in [5, 5.41) is 4.50. The van der Waals surface area contributed by atoms with Gasteiger partial charge < -0.3 is 4.90 Å². The van der Waals surface area contributed by atoms with E-state index in [1.807, 2.05) is 40.7 Å². The molecular weight excluding hydrogens is 316 g/mol. The highest BCUT2D eigenvalue weighted by atomic mass is 16.2. The van der Waals surface area contributed by atoms with Crippen LogP contribution in [0.4, 0.5) is 0 Å².